The molecule has 0 fully saturated rings. The first-order valence-corrected chi connectivity index (χ1v) is 5.53. The van der Waals surface area contributed by atoms with Crippen molar-refractivity contribution in [2.24, 2.45) is 5.73 Å². The van der Waals surface area contributed by atoms with Gasteiger partial charge < -0.3 is 15.0 Å². The molecule has 2 N–H and O–H groups in total. The maximum Gasteiger partial charge on any atom is 0.231 e. The van der Waals surface area contributed by atoms with E-state index in [1.54, 1.807) is 6.07 Å². The molecule has 0 bridgehead atoms. The molecule has 1 heterocycles. The summed E-state index contributed by atoms with van der Waals surface area (Å²) < 4.78 is 23.3. The lowest BCUT2D eigenvalue weighted by atomic mass is 10.2. The second-order valence-electron chi connectivity index (χ2n) is 3.94. The van der Waals surface area contributed by atoms with Gasteiger partial charge in [0.05, 0.1) is 7.11 Å². The maximum absolute atomic E-state index is 13.3. The third kappa shape index (κ3) is 2.33. The molecule has 0 aliphatic carbocycles. The lowest BCUT2D eigenvalue weighted by Gasteiger charge is -2.02. The molecule has 18 heavy (non-hydrogen) atoms. The largest absolute Gasteiger partial charge is 0.494 e. The minimum Gasteiger partial charge on any atom is -0.494 e. The highest BCUT2D eigenvalue weighted by atomic mass is 19.1. The van der Waals surface area contributed by atoms with Crippen LogP contribution in [0.2, 0.25) is 0 Å². The van der Waals surface area contributed by atoms with Crippen molar-refractivity contribution >= 4 is 0 Å². The molecule has 0 aliphatic rings. The lowest BCUT2D eigenvalue weighted by molar-refractivity contribution is 0.361. The first-order valence-electron chi connectivity index (χ1n) is 5.53. The molecule has 0 amide bonds. The molecule has 0 spiro atoms. The SMILES string of the molecule is COc1cc(-c2noc(C(C)CN)n2)ccc1F. The molecule has 96 valence electrons. The van der Waals surface area contributed by atoms with Crippen LogP contribution in [0.15, 0.2) is 22.7 Å². The fourth-order valence-corrected chi connectivity index (χ4v) is 1.45. The monoisotopic (exact) mass is 251 g/mol. The number of nitrogens with two attached hydrogens (primary N) is 1. The second kappa shape index (κ2) is 5.14. The van der Waals surface area contributed by atoms with E-state index in [-0.39, 0.29) is 11.7 Å². The van der Waals surface area contributed by atoms with E-state index >= 15 is 0 Å². The number of halogens is 1. The summed E-state index contributed by atoms with van der Waals surface area (Å²) in [5, 5.41) is 3.84. The van der Waals surface area contributed by atoms with Gasteiger partial charge in [-0.1, -0.05) is 12.1 Å². The predicted octanol–water partition coefficient (Wildman–Crippen LogP) is 1.95. The number of methoxy groups -OCH3 is 1. The first-order chi connectivity index (χ1) is 8.65. The summed E-state index contributed by atoms with van der Waals surface area (Å²) in [6, 6.07) is 4.40. The van der Waals surface area contributed by atoms with Crippen molar-refractivity contribution in [3.63, 3.8) is 0 Å². The van der Waals surface area contributed by atoms with Crippen LogP contribution in [0.4, 0.5) is 4.39 Å². The number of rotatable bonds is 4. The van der Waals surface area contributed by atoms with Gasteiger partial charge in [-0.05, 0) is 18.2 Å². The van der Waals surface area contributed by atoms with Crippen molar-refractivity contribution in [2.45, 2.75) is 12.8 Å². The summed E-state index contributed by atoms with van der Waals surface area (Å²) in [6.45, 7) is 2.32. The minimum atomic E-state index is -0.430. The molecule has 1 aromatic carbocycles. The maximum atomic E-state index is 13.3. The Bertz CT molecular complexity index is 542. The van der Waals surface area contributed by atoms with E-state index < -0.39 is 5.82 Å². The normalized spacial score (nSPS) is 12.4. The Morgan fingerprint density at radius 2 is 2.28 bits per heavy atom. The molecule has 0 radical (unpaired) electrons. The van der Waals surface area contributed by atoms with Gasteiger partial charge in [0.25, 0.3) is 0 Å². The van der Waals surface area contributed by atoms with Crippen molar-refractivity contribution in [2.75, 3.05) is 13.7 Å². The van der Waals surface area contributed by atoms with E-state index in [9.17, 15) is 4.39 Å². The van der Waals surface area contributed by atoms with Crippen LogP contribution in [0.3, 0.4) is 0 Å². The van der Waals surface area contributed by atoms with Gasteiger partial charge in [-0.15, -0.1) is 0 Å². The van der Waals surface area contributed by atoms with Gasteiger partial charge in [0, 0.05) is 18.0 Å². The summed E-state index contributed by atoms with van der Waals surface area (Å²) in [5.74, 6) is 0.569. The first kappa shape index (κ1) is 12.5. The number of ether oxygens (including phenoxy) is 1. The molecule has 2 aromatic rings. The zero-order valence-electron chi connectivity index (χ0n) is 10.2. The van der Waals surface area contributed by atoms with E-state index in [0.717, 1.165) is 0 Å². The Morgan fingerprint density at radius 1 is 1.50 bits per heavy atom. The molecule has 1 unspecified atom stereocenters. The Kier molecular flexibility index (Phi) is 3.57. The van der Waals surface area contributed by atoms with Gasteiger partial charge in [0.1, 0.15) is 0 Å². The summed E-state index contributed by atoms with van der Waals surface area (Å²) in [4.78, 5) is 4.22. The van der Waals surface area contributed by atoms with Crippen LogP contribution in [0.25, 0.3) is 11.4 Å². The van der Waals surface area contributed by atoms with Gasteiger partial charge in [-0.2, -0.15) is 4.98 Å². The van der Waals surface area contributed by atoms with E-state index in [4.69, 9.17) is 15.0 Å². The van der Waals surface area contributed by atoms with Crippen molar-refractivity contribution in [1.29, 1.82) is 0 Å². The topological polar surface area (TPSA) is 74.2 Å². The van der Waals surface area contributed by atoms with Gasteiger partial charge >= 0.3 is 0 Å². The highest BCUT2D eigenvalue weighted by molar-refractivity contribution is 5.57. The molecule has 6 heteroatoms. The summed E-state index contributed by atoms with van der Waals surface area (Å²) in [7, 11) is 1.40. The van der Waals surface area contributed by atoms with Crippen LogP contribution < -0.4 is 10.5 Å². The fraction of sp³-hybridized carbons (Fsp3) is 0.333. The number of nitrogens with zero attached hydrogens (tertiary/aromatic N) is 2. The van der Waals surface area contributed by atoms with Gasteiger partial charge in [-0.3, -0.25) is 0 Å². The number of aromatic nitrogens is 2. The average molecular weight is 251 g/mol. The quantitative estimate of drug-likeness (QED) is 0.898. The Balaban J connectivity index is 2.34. The molecule has 0 saturated carbocycles. The fourth-order valence-electron chi connectivity index (χ4n) is 1.45. The van der Waals surface area contributed by atoms with Crippen molar-refractivity contribution in [3.05, 3.63) is 29.9 Å². The molecule has 0 aliphatic heterocycles. The van der Waals surface area contributed by atoms with E-state index in [1.807, 2.05) is 6.92 Å². The summed E-state index contributed by atoms with van der Waals surface area (Å²) in [5.41, 5.74) is 6.15. The van der Waals surface area contributed by atoms with Crippen molar-refractivity contribution in [1.82, 2.24) is 10.1 Å². The minimum absolute atomic E-state index is 0.00593. The van der Waals surface area contributed by atoms with Crippen LogP contribution >= 0.6 is 0 Å². The third-order valence-corrected chi connectivity index (χ3v) is 2.63. The smallest absolute Gasteiger partial charge is 0.231 e. The van der Waals surface area contributed by atoms with Gasteiger partial charge in [-0.25, -0.2) is 4.39 Å². The Labute approximate surface area is 104 Å². The van der Waals surface area contributed by atoms with Crippen molar-refractivity contribution < 1.29 is 13.7 Å². The van der Waals surface area contributed by atoms with Gasteiger partial charge in [0.2, 0.25) is 11.7 Å². The molecule has 1 atom stereocenters. The molecule has 5 nitrogen and oxygen atoms in total. The van der Waals surface area contributed by atoms with Gasteiger partial charge in [0.15, 0.2) is 11.6 Å². The number of benzene rings is 1. The number of hydrogen-bond donors (Lipinski definition) is 1. The average Bonchev–Trinajstić information content (AvgIpc) is 2.88. The summed E-state index contributed by atoms with van der Waals surface area (Å²) >= 11 is 0. The third-order valence-electron chi connectivity index (χ3n) is 2.63. The molecular formula is C12H14FN3O2. The highest BCUT2D eigenvalue weighted by Gasteiger charge is 2.15. The highest BCUT2D eigenvalue weighted by Crippen LogP contribution is 2.25. The number of hydrogen-bond acceptors (Lipinski definition) is 5. The predicted molar refractivity (Wildman–Crippen MR) is 63.7 cm³/mol. The van der Waals surface area contributed by atoms with Crippen LogP contribution in [0.5, 0.6) is 5.75 Å². The van der Waals surface area contributed by atoms with Crippen molar-refractivity contribution in [3.8, 4) is 17.1 Å². The molecule has 1 aromatic heterocycles. The zero-order chi connectivity index (χ0) is 13.1. The Hall–Kier alpha value is -1.95. The molecule has 2 rings (SSSR count). The van der Waals surface area contributed by atoms with Crippen LogP contribution in [-0.4, -0.2) is 23.8 Å². The summed E-state index contributed by atoms with van der Waals surface area (Å²) in [6.07, 6.45) is 0. The molecule has 0 saturated heterocycles. The van der Waals surface area contributed by atoms with Crippen LogP contribution in [0, 0.1) is 5.82 Å². The Morgan fingerprint density at radius 3 is 2.94 bits per heavy atom. The second-order valence-corrected chi connectivity index (χ2v) is 3.94. The van der Waals surface area contributed by atoms with E-state index in [1.165, 1.54) is 19.2 Å². The molecular weight excluding hydrogens is 237 g/mol. The zero-order valence-corrected chi connectivity index (χ0v) is 10.2. The van der Waals surface area contributed by atoms with E-state index in [0.29, 0.717) is 23.8 Å². The van der Waals surface area contributed by atoms with Crippen LogP contribution in [0.1, 0.15) is 18.7 Å². The van der Waals surface area contributed by atoms with Crippen LogP contribution in [-0.2, 0) is 0 Å². The standard InChI is InChI=1S/C12H14FN3O2/c1-7(6-14)12-15-11(16-18-12)8-3-4-9(13)10(5-8)17-2/h3-5,7H,6,14H2,1-2H3. The van der Waals surface area contributed by atoms with E-state index in [2.05, 4.69) is 10.1 Å². The lowest BCUT2D eigenvalue weighted by Crippen LogP contribution is -2.08.